The van der Waals surface area contributed by atoms with Gasteiger partial charge in [0.1, 0.15) is 0 Å². The van der Waals surface area contributed by atoms with Crippen molar-refractivity contribution in [3.63, 3.8) is 0 Å². The van der Waals surface area contributed by atoms with Crippen molar-refractivity contribution in [3.05, 3.63) is 11.8 Å². The molecule has 2 saturated carbocycles. The zero-order valence-corrected chi connectivity index (χ0v) is 14.1. The van der Waals surface area contributed by atoms with E-state index in [1.807, 2.05) is 0 Å². The molecule has 5 aliphatic rings. The predicted octanol–water partition coefficient (Wildman–Crippen LogP) is 2.88. The largest absolute Gasteiger partial charge is 0.316 e. The number of amides is 1. The Hall–Kier alpha value is -0.830. The Labute approximate surface area is 133 Å². The van der Waals surface area contributed by atoms with Gasteiger partial charge in [-0.3, -0.25) is 9.69 Å². The van der Waals surface area contributed by atoms with Crippen LogP contribution in [0.5, 0.6) is 0 Å². The van der Waals surface area contributed by atoms with Crippen LogP contribution in [0.4, 0.5) is 0 Å². The van der Waals surface area contributed by atoms with Gasteiger partial charge in [0, 0.05) is 36.7 Å². The second-order valence-corrected chi connectivity index (χ2v) is 8.85. The van der Waals surface area contributed by atoms with Gasteiger partial charge in [0.05, 0.1) is 0 Å². The first-order valence-corrected chi connectivity index (χ1v) is 9.22. The molecule has 0 aromatic carbocycles. The summed E-state index contributed by atoms with van der Waals surface area (Å²) in [5.41, 5.74) is 2.10. The van der Waals surface area contributed by atoms with Crippen LogP contribution in [0, 0.1) is 29.1 Å². The zero-order valence-electron chi connectivity index (χ0n) is 14.1. The second-order valence-electron chi connectivity index (χ2n) is 8.85. The van der Waals surface area contributed by atoms with E-state index in [9.17, 15) is 4.79 Å². The first kappa shape index (κ1) is 13.6. The highest BCUT2D eigenvalue weighted by Crippen LogP contribution is 2.75. The molecular formula is C19H28N2O. The molecule has 0 N–H and O–H groups in total. The third-order valence-electron chi connectivity index (χ3n) is 8.10. The molecule has 1 amide bonds. The Balaban J connectivity index is 1.76. The summed E-state index contributed by atoms with van der Waals surface area (Å²) in [4.78, 5) is 17.2. The van der Waals surface area contributed by atoms with Crippen LogP contribution < -0.4 is 0 Å². The Bertz CT molecular complexity index is 584. The zero-order chi connectivity index (χ0) is 15.3. The fraction of sp³-hybridized carbons (Fsp3) is 0.842. The normalized spacial score (nSPS) is 52.5. The lowest BCUT2D eigenvalue weighted by Gasteiger charge is -2.62. The number of likely N-dealkylation sites (tertiary alicyclic amines) is 2. The van der Waals surface area contributed by atoms with Crippen molar-refractivity contribution in [2.75, 3.05) is 20.1 Å². The quantitative estimate of drug-likeness (QED) is 0.687. The molecule has 2 saturated heterocycles. The van der Waals surface area contributed by atoms with Crippen LogP contribution in [-0.2, 0) is 4.79 Å². The Morgan fingerprint density at radius 3 is 2.95 bits per heavy atom. The molecule has 5 bridgehead atoms. The van der Waals surface area contributed by atoms with Crippen molar-refractivity contribution in [1.29, 1.82) is 0 Å². The number of hydrogen-bond donors (Lipinski definition) is 0. The van der Waals surface area contributed by atoms with Crippen molar-refractivity contribution >= 4 is 5.91 Å². The first-order valence-electron chi connectivity index (χ1n) is 9.22. The summed E-state index contributed by atoms with van der Waals surface area (Å²) in [6, 6.07) is 0. The average molecular weight is 300 g/mol. The van der Waals surface area contributed by atoms with E-state index in [2.05, 4.69) is 29.8 Å². The minimum Gasteiger partial charge on any atom is -0.316 e. The molecule has 3 heteroatoms. The van der Waals surface area contributed by atoms with Crippen LogP contribution in [0.15, 0.2) is 11.8 Å². The topological polar surface area (TPSA) is 23.6 Å². The minimum atomic E-state index is 0.264. The summed E-state index contributed by atoms with van der Waals surface area (Å²) in [5, 5.41) is 0. The molecule has 6 unspecified atom stereocenters. The maximum absolute atomic E-state index is 12.3. The number of piperidine rings is 2. The smallest absolute Gasteiger partial charge is 0.223 e. The summed E-state index contributed by atoms with van der Waals surface area (Å²) >= 11 is 0. The predicted molar refractivity (Wildman–Crippen MR) is 86.0 cm³/mol. The monoisotopic (exact) mass is 300 g/mol. The standard InChI is InChI=1S/C19H28N2O/c1-12-7-14-8-17-18(5-4-6-21(17)13(2)22)15-9-16(14)19(18,10-12)20(3)11-15/h8,12,14-16H,4-7,9-11H2,1-3H3. The maximum Gasteiger partial charge on any atom is 0.223 e. The van der Waals surface area contributed by atoms with Gasteiger partial charge in [0.15, 0.2) is 0 Å². The van der Waals surface area contributed by atoms with Crippen LogP contribution in [0.1, 0.15) is 46.0 Å². The van der Waals surface area contributed by atoms with Gasteiger partial charge in [-0.25, -0.2) is 0 Å². The van der Waals surface area contributed by atoms with E-state index in [0.29, 0.717) is 16.9 Å². The summed E-state index contributed by atoms with van der Waals surface area (Å²) in [5.74, 6) is 3.43. The van der Waals surface area contributed by atoms with E-state index in [1.54, 1.807) is 6.92 Å². The van der Waals surface area contributed by atoms with Gasteiger partial charge < -0.3 is 4.90 Å². The molecule has 2 heterocycles. The Morgan fingerprint density at radius 2 is 2.18 bits per heavy atom. The molecule has 2 aliphatic heterocycles. The third kappa shape index (κ3) is 1.22. The van der Waals surface area contributed by atoms with E-state index in [4.69, 9.17) is 0 Å². The van der Waals surface area contributed by atoms with Gasteiger partial charge in [-0.2, -0.15) is 0 Å². The van der Waals surface area contributed by atoms with Crippen LogP contribution in [0.2, 0.25) is 0 Å². The molecule has 22 heavy (non-hydrogen) atoms. The molecular weight excluding hydrogens is 272 g/mol. The Kier molecular flexibility index (Phi) is 2.46. The molecule has 0 radical (unpaired) electrons. The van der Waals surface area contributed by atoms with Crippen molar-refractivity contribution in [2.45, 2.75) is 51.5 Å². The lowest BCUT2D eigenvalue weighted by atomic mass is 9.51. The first-order chi connectivity index (χ1) is 10.5. The van der Waals surface area contributed by atoms with E-state index < -0.39 is 0 Å². The molecule has 2 spiro atoms. The molecule has 0 aromatic heterocycles. The van der Waals surface area contributed by atoms with Crippen LogP contribution in [-0.4, -0.2) is 41.4 Å². The lowest BCUT2D eigenvalue weighted by molar-refractivity contribution is -0.132. The minimum absolute atomic E-state index is 0.264. The summed E-state index contributed by atoms with van der Waals surface area (Å²) in [6.07, 6.45) is 9.16. The average Bonchev–Trinajstić information content (AvgIpc) is 2.77. The fourth-order valence-corrected chi connectivity index (χ4v) is 7.81. The highest BCUT2D eigenvalue weighted by atomic mass is 16.2. The van der Waals surface area contributed by atoms with Gasteiger partial charge in [0.25, 0.3) is 0 Å². The second kappa shape index (κ2) is 3.98. The number of carbonyl (C=O) groups excluding carboxylic acids is 1. The summed E-state index contributed by atoms with van der Waals surface area (Å²) < 4.78 is 0. The molecule has 120 valence electrons. The number of carbonyl (C=O) groups is 1. The van der Waals surface area contributed by atoms with E-state index in [1.165, 1.54) is 44.3 Å². The van der Waals surface area contributed by atoms with Crippen LogP contribution in [0.25, 0.3) is 0 Å². The van der Waals surface area contributed by atoms with E-state index in [0.717, 1.165) is 24.3 Å². The van der Waals surface area contributed by atoms with Gasteiger partial charge >= 0.3 is 0 Å². The molecule has 3 nitrogen and oxygen atoms in total. The van der Waals surface area contributed by atoms with Gasteiger partial charge in [-0.05, 0) is 62.8 Å². The molecule has 6 atom stereocenters. The summed E-state index contributed by atoms with van der Waals surface area (Å²) in [7, 11) is 2.37. The maximum atomic E-state index is 12.3. The molecule has 4 fully saturated rings. The summed E-state index contributed by atoms with van der Waals surface area (Å²) in [6.45, 7) is 6.42. The highest BCUT2D eigenvalue weighted by molar-refractivity contribution is 5.76. The van der Waals surface area contributed by atoms with Crippen molar-refractivity contribution in [1.82, 2.24) is 9.80 Å². The third-order valence-corrected chi connectivity index (χ3v) is 8.10. The highest BCUT2D eigenvalue weighted by Gasteiger charge is 2.76. The molecule has 5 rings (SSSR count). The number of allylic oxidation sites excluding steroid dienone is 1. The SMILES string of the molecule is CC(=O)N1CCCC23C1=CC1CC(C)CC24C1CC3CN4C. The molecule has 0 aromatic rings. The lowest BCUT2D eigenvalue weighted by Crippen LogP contribution is -2.65. The fourth-order valence-electron chi connectivity index (χ4n) is 7.81. The number of nitrogens with zero attached hydrogens (tertiary/aromatic N) is 2. The number of rotatable bonds is 0. The van der Waals surface area contributed by atoms with Gasteiger partial charge in [0.2, 0.25) is 5.91 Å². The van der Waals surface area contributed by atoms with Crippen LogP contribution >= 0.6 is 0 Å². The van der Waals surface area contributed by atoms with Crippen LogP contribution in [0.3, 0.4) is 0 Å². The number of hydrogen-bond acceptors (Lipinski definition) is 2. The van der Waals surface area contributed by atoms with Crippen molar-refractivity contribution in [2.24, 2.45) is 29.1 Å². The van der Waals surface area contributed by atoms with E-state index in [-0.39, 0.29) is 5.91 Å². The Morgan fingerprint density at radius 1 is 1.36 bits per heavy atom. The van der Waals surface area contributed by atoms with Gasteiger partial charge in [-0.1, -0.05) is 13.0 Å². The van der Waals surface area contributed by atoms with E-state index >= 15 is 0 Å². The van der Waals surface area contributed by atoms with Crippen molar-refractivity contribution in [3.8, 4) is 0 Å². The van der Waals surface area contributed by atoms with Crippen molar-refractivity contribution < 1.29 is 4.79 Å². The van der Waals surface area contributed by atoms with Gasteiger partial charge in [-0.15, -0.1) is 0 Å². The molecule has 3 aliphatic carbocycles.